The Kier molecular flexibility index (Phi) is 8.13. The third-order valence-corrected chi connectivity index (χ3v) is 5.36. The zero-order valence-corrected chi connectivity index (χ0v) is 18.7. The van der Waals surface area contributed by atoms with Crippen LogP contribution in [0.4, 0.5) is 8.78 Å². The first-order valence-electron chi connectivity index (χ1n) is 10.9. The van der Waals surface area contributed by atoms with E-state index in [1.807, 2.05) is 0 Å². The number of carbonyl (C=O) groups is 1. The van der Waals surface area contributed by atoms with Crippen LogP contribution in [0.5, 0.6) is 0 Å². The summed E-state index contributed by atoms with van der Waals surface area (Å²) in [7, 11) is 0. The molecule has 34 heavy (non-hydrogen) atoms. The fourth-order valence-electron chi connectivity index (χ4n) is 3.73. The van der Waals surface area contributed by atoms with Gasteiger partial charge in [-0.1, -0.05) is 36.4 Å². The second-order valence-corrected chi connectivity index (χ2v) is 7.90. The number of amides is 1. The van der Waals surface area contributed by atoms with Crippen molar-refractivity contribution in [2.45, 2.75) is 31.8 Å². The molecule has 1 unspecified atom stereocenters. The molecule has 178 valence electrons. The maximum Gasteiger partial charge on any atom is 0.264 e. The molecular formula is C25H27F2N5O2. The standard InChI is InChI=1S/C25H27F2N5O2/c1-16(8-6-14-30-25(28)29)31-23(33)19-11-7-15-32(24(19)34)22(17-9-2-4-12-20(17)26)18-10-3-5-13-21(18)27/h2-5,7,9-13,15-16,22H,6,8,14H2,1H3,(H,31,33)(H4,28,29,30). The predicted molar refractivity (Wildman–Crippen MR) is 128 cm³/mol. The molecular weight excluding hydrogens is 440 g/mol. The van der Waals surface area contributed by atoms with Crippen molar-refractivity contribution in [3.63, 3.8) is 0 Å². The molecule has 0 radical (unpaired) electrons. The number of hydrogen-bond donors (Lipinski definition) is 3. The number of benzene rings is 2. The molecule has 0 fully saturated rings. The smallest absolute Gasteiger partial charge is 0.264 e. The summed E-state index contributed by atoms with van der Waals surface area (Å²) in [6, 6.07) is 13.3. The molecule has 2 aromatic carbocycles. The van der Waals surface area contributed by atoms with E-state index in [4.69, 9.17) is 11.5 Å². The lowest BCUT2D eigenvalue weighted by molar-refractivity contribution is 0.0936. The van der Waals surface area contributed by atoms with Crippen LogP contribution in [-0.4, -0.2) is 29.0 Å². The number of halogens is 2. The largest absolute Gasteiger partial charge is 0.370 e. The van der Waals surface area contributed by atoms with Crippen LogP contribution in [-0.2, 0) is 0 Å². The number of nitrogens with two attached hydrogens (primary N) is 2. The average molecular weight is 468 g/mol. The number of nitrogens with zero attached hydrogens (tertiary/aromatic N) is 2. The third kappa shape index (κ3) is 5.86. The number of rotatable bonds is 9. The summed E-state index contributed by atoms with van der Waals surface area (Å²) in [6.45, 7) is 2.23. The van der Waals surface area contributed by atoms with Crippen LogP contribution in [0.25, 0.3) is 0 Å². The molecule has 0 aliphatic carbocycles. The van der Waals surface area contributed by atoms with Gasteiger partial charge in [0.2, 0.25) is 0 Å². The highest BCUT2D eigenvalue weighted by Gasteiger charge is 2.25. The summed E-state index contributed by atoms with van der Waals surface area (Å²) in [5.74, 6) is -1.76. The molecule has 1 amide bonds. The number of aromatic nitrogens is 1. The Bertz CT molecular complexity index is 1190. The first-order chi connectivity index (χ1) is 16.3. The van der Waals surface area contributed by atoms with E-state index < -0.39 is 29.1 Å². The Morgan fingerprint density at radius 1 is 1.00 bits per heavy atom. The van der Waals surface area contributed by atoms with Gasteiger partial charge >= 0.3 is 0 Å². The summed E-state index contributed by atoms with van der Waals surface area (Å²) in [5.41, 5.74) is 10.0. The molecule has 3 aromatic rings. The highest BCUT2D eigenvalue weighted by Crippen LogP contribution is 2.29. The van der Waals surface area contributed by atoms with E-state index in [-0.39, 0.29) is 28.7 Å². The molecule has 0 saturated heterocycles. The van der Waals surface area contributed by atoms with Crippen LogP contribution in [0, 0.1) is 11.6 Å². The molecule has 5 N–H and O–H groups in total. The lowest BCUT2D eigenvalue weighted by Crippen LogP contribution is -2.38. The van der Waals surface area contributed by atoms with Crippen molar-refractivity contribution in [1.29, 1.82) is 0 Å². The van der Waals surface area contributed by atoms with E-state index in [1.165, 1.54) is 59.3 Å². The molecule has 0 saturated carbocycles. The van der Waals surface area contributed by atoms with Crippen molar-refractivity contribution < 1.29 is 13.6 Å². The molecule has 0 aliphatic heterocycles. The number of hydrogen-bond acceptors (Lipinski definition) is 3. The fourth-order valence-corrected chi connectivity index (χ4v) is 3.73. The summed E-state index contributed by atoms with van der Waals surface area (Å²) in [5, 5.41) is 2.78. The van der Waals surface area contributed by atoms with E-state index in [2.05, 4.69) is 10.3 Å². The Morgan fingerprint density at radius 2 is 1.59 bits per heavy atom. The van der Waals surface area contributed by atoms with Crippen molar-refractivity contribution in [1.82, 2.24) is 9.88 Å². The quantitative estimate of drug-likeness (QED) is 0.255. The van der Waals surface area contributed by atoms with Crippen molar-refractivity contribution >= 4 is 11.9 Å². The van der Waals surface area contributed by atoms with Gasteiger partial charge in [0, 0.05) is 29.9 Å². The van der Waals surface area contributed by atoms with Gasteiger partial charge in [0.05, 0.1) is 6.04 Å². The Labute approximate surface area is 196 Å². The van der Waals surface area contributed by atoms with Gasteiger partial charge in [-0.15, -0.1) is 0 Å². The molecule has 0 aliphatic rings. The summed E-state index contributed by atoms with van der Waals surface area (Å²) in [4.78, 5) is 30.1. The van der Waals surface area contributed by atoms with Gasteiger partial charge < -0.3 is 21.4 Å². The molecule has 7 nitrogen and oxygen atoms in total. The SMILES string of the molecule is CC(CCCN=C(N)N)NC(=O)c1cccn(C(c2ccccc2F)c2ccccc2F)c1=O. The highest BCUT2D eigenvalue weighted by atomic mass is 19.1. The summed E-state index contributed by atoms with van der Waals surface area (Å²) < 4.78 is 30.7. The number of carbonyl (C=O) groups excluding carboxylic acids is 1. The van der Waals surface area contributed by atoms with Crippen LogP contribution >= 0.6 is 0 Å². The van der Waals surface area contributed by atoms with Crippen molar-refractivity contribution in [3.05, 3.63) is 106 Å². The molecule has 1 heterocycles. The Hall–Kier alpha value is -4.01. The summed E-state index contributed by atoms with van der Waals surface area (Å²) in [6.07, 6.45) is 2.65. The monoisotopic (exact) mass is 467 g/mol. The van der Waals surface area contributed by atoms with Crippen LogP contribution < -0.4 is 22.3 Å². The fraction of sp³-hybridized carbons (Fsp3) is 0.240. The molecule has 0 bridgehead atoms. The van der Waals surface area contributed by atoms with Crippen LogP contribution in [0.1, 0.15) is 47.3 Å². The minimum Gasteiger partial charge on any atom is -0.370 e. The second-order valence-electron chi connectivity index (χ2n) is 7.90. The van der Waals surface area contributed by atoms with E-state index in [1.54, 1.807) is 19.1 Å². The number of guanidine groups is 1. The van der Waals surface area contributed by atoms with Crippen molar-refractivity contribution in [3.8, 4) is 0 Å². The van der Waals surface area contributed by atoms with Crippen LogP contribution in [0.15, 0.2) is 76.6 Å². The lowest BCUT2D eigenvalue weighted by Gasteiger charge is -2.23. The lowest BCUT2D eigenvalue weighted by atomic mass is 9.97. The van der Waals surface area contributed by atoms with Crippen molar-refractivity contribution in [2.75, 3.05) is 6.54 Å². The minimum atomic E-state index is -1.10. The van der Waals surface area contributed by atoms with Gasteiger partial charge in [-0.3, -0.25) is 14.6 Å². The number of nitrogens with one attached hydrogen (secondary N) is 1. The predicted octanol–water partition coefficient (Wildman–Crippen LogP) is 2.94. The van der Waals surface area contributed by atoms with Crippen molar-refractivity contribution in [2.24, 2.45) is 16.5 Å². The molecule has 1 atom stereocenters. The van der Waals surface area contributed by atoms with Gasteiger partial charge in [0.15, 0.2) is 5.96 Å². The van der Waals surface area contributed by atoms with E-state index in [0.717, 1.165) is 0 Å². The number of pyridine rings is 1. The van der Waals surface area contributed by atoms with Gasteiger partial charge in [-0.2, -0.15) is 0 Å². The van der Waals surface area contributed by atoms with Crippen LogP contribution in [0.3, 0.4) is 0 Å². The molecule has 9 heteroatoms. The maximum absolute atomic E-state index is 14.8. The number of aliphatic imine (C=N–C) groups is 1. The average Bonchev–Trinajstić information content (AvgIpc) is 2.80. The molecule has 0 spiro atoms. The van der Waals surface area contributed by atoms with Gasteiger partial charge in [-0.25, -0.2) is 8.78 Å². The highest BCUT2D eigenvalue weighted by molar-refractivity contribution is 5.94. The zero-order chi connectivity index (χ0) is 24.7. The maximum atomic E-state index is 14.8. The van der Waals surface area contributed by atoms with Gasteiger partial charge in [0.1, 0.15) is 17.2 Å². The van der Waals surface area contributed by atoms with Crippen LogP contribution in [0.2, 0.25) is 0 Å². The van der Waals surface area contributed by atoms with E-state index in [0.29, 0.717) is 19.4 Å². The Balaban J connectivity index is 1.94. The van der Waals surface area contributed by atoms with Gasteiger partial charge in [0.25, 0.3) is 11.5 Å². The molecule has 1 aromatic heterocycles. The first kappa shape index (κ1) is 24.6. The van der Waals surface area contributed by atoms with E-state index in [9.17, 15) is 18.4 Å². The first-order valence-corrected chi connectivity index (χ1v) is 10.9. The topological polar surface area (TPSA) is 116 Å². The van der Waals surface area contributed by atoms with Gasteiger partial charge in [-0.05, 0) is 44.0 Å². The normalized spacial score (nSPS) is 11.8. The summed E-state index contributed by atoms with van der Waals surface area (Å²) >= 11 is 0. The third-order valence-electron chi connectivity index (χ3n) is 5.36. The zero-order valence-electron chi connectivity index (χ0n) is 18.7. The second kappa shape index (κ2) is 11.2. The molecule has 3 rings (SSSR count). The minimum absolute atomic E-state index is 0.000727. The Morgan fingerprint density at radius 3 is 2.15 bits per heavy atom. The van der Waals surface area contributed by atoms with E-state index >= 15 is 0 Å².